The van der Waals surface area contributed by atoms with Crippen LogP contribution < -0.4 is 0 Å². The molecule has 0 aliphatic heterocycles. The molecule has 1 heterocycles. The van der Waals surface area contributed by atoms with Gasteiger partial charge in [-0.2, -0.15) is 0 Å². The van der Waals surface area contributed by atoms with E-state index in [1.165, 1.54) is 13.3 Å². The minimum absolute atomic E-state index is 0.0865. The first-order valence-electron chi connectivity index (χ1n) is 5.18. The summed E-state index contributed by atoms with van der Waals surface area (Å²) in [6, 6.07) is 0.180. The van der Waals surface area contributed by atoms with Crippen molar-refractivity contribution in [3.05, 3.63) is 18.2 Å². The van der Waals surface area contributed by atoms with Crippen LogP contribution in [0.15, 0.2) is 12.5 Å². The van der Waals surface area contributed by atoms with Crippen LogP contribution in [0.25, 0.3) is 0 Å². The van der Waals surface area contributed by atoms with Gasteiger partial charge in [0.15, 0.2) is 5.78 Å². The van der Waals surface area contributed by atoms with E-state index in [0.717, 1.165) is 0 Å². The van der Waals surface area contributed by atoms with Gasteiger partial charge in [-0.05, 0) is 13.8 Å². The van der Waals surface area contributed by atoms with Crippen molar-refractivity contribution < 1.29 is 14.3 Å². The molecule has 0 atom stereocenters. The summed E-state index contributed by atoms with van der Waals surface area (Å²) in [5.41, 5.74) is 0.541. The van der Waals surface area contributed by atoms with Gasteiger partial charge in [0.25, 0.3) is 0 Å². The fourth-order valence-corrected chi connectivity index (χ4v) is 1.38. The Morgan fingerprint density at radius 2 is 2.12 bits per heavy atom. The molecule has 0 saturated heterocycles. The minimum atomic E-state index is -0.371. The molecule has 5 nitrogen and oxygen atoms in total. The zero-order valence-corrected chi connectivity index (χ0v) is 9.77. The van der Waals surface area contributed by atoms with Gasteiger partial charge in [-0.25, -0.2) is 4.98 Å². The van der Waals surface area contributed by atoms with E-state index < -0.39 is 0 Å². The number of carbonyl (C=O) groups excluding carboxylic acids is 2. The van der Waals surface area contributed by atoms with Crippen LogP contribution in [0.2, 0.25) is 0 Å². The lowest BCUT2D eigenvalue weighted by Crippen LogP contribution is -2.12. The highest BCUT2D eigenvalue weighted by Crippen LogP contribution is 2.11. The fraction of sp³-hybridized carbons (Fsp3) is 0.545. The Balaban J connectivity index is 2.66. The molecule has 0 amide bonds. The number of nitrogens with zero attached hydrogens (tertiary/aromatic N) is 2. The Labute approximate surface area is 94.4 Å². The average molecular weight is 224 g/mol. The van der Waals surface area contributed by atoms with Gasteiger partial charge in [-0.1, -0.05) is 0 Å². The third-order valence-electron chi connectivity index (χ3n) is 2.29. The van der Waals surface area contributed by atoms with Crippen LogP contribution >= 0.6 is 0 Å². The quantitative estimate of drug-likeness (QED) is 0.563. The van der Waals surface area contributed by atoms with Gasteiger partial charge in [-0.3, -0.25) is 9.59 Å². The number of ketones is 1. The molecule has 5 heteroatoms. The van der Waals surface area contributed by atoms with E-state index in [0.29, 0.717) is 5.69 Å². The Hall–Kier alpha value is -1.65. The van der Waals surface area contributed by atoms with Crippen LogP contribution in [0.5, 0.6) is 0 Å². The fourth-order valence-electron chi connectivity index (χ4n) is 1.38. The molecule has 0 spiro atoms. The Kier molecular flexibility index (Phi) is 4.22. The lowest BCUT2D eigenvalue weighted by molar-refractivity contribution is -0.140. The highest BCUT2D eigenvalue weighted by molar-refractivity contribution is 5.96. The highest BCUT2D eigenvalue weighted by Gasteiger charge is 2.15. The van der Waals surface area contributed by atoms with Crippen LogP contribution in [0.3, 0.4) is 0 Å². The highest BCUT2D eigenvalue weighted by atomic mass is 16.5. The van der Waals surface area contributed by atoms with E-state index in [2.05, 4.69) is 9.72 Å². The molecule has 1 aromatic heterocycles. The van der Waals surface area contributed by atoms with E-state index in [9.17, 15) is 9.59 Å². The summed E-state index contributed by atoms with van der Waals surface area (Å²) in [6.07, 6.45) is 3.42. The molecule has 0 unspecified atom stereocenters. The normalized spacial score (nSPS) is 10.5. The molecular weight excluding hydrogens is 208 g/mol. The number of aromatic nitrogens is 2. The molecule has 16 heavy (non-hydrogen) atoms. The van der Waals surface area contributed by atoms with Crippen LogP contribution in [0, 0.1) is 0 Å². The third-order valence-corrected chi connectivity index (χ3v) is 2.29. The van der Waals surface area contributed by atoms with E-state index in [1.54, 1.807) is 10.9 Å². The van der Waals surface area contributed by atoms with Crippen LogP contribution in [-0.4, -0.2) is 28.4 Å². The molecule has 0 fully saturated rings. The van der Waals surface area contributed by atoms with Crippen LogP contribution in [0.1, 0.15) is 43.2 Å². The molecule has 0 aliphatic rings. The number of hydrogen-bond donors (Lipinski definition) is 0. The molecule has 0 aliphatic carbocycles. The van der Waals surface area contributed by atoms with Gasteiger partial charge >= 0.3 is 5.97 Å². The van der Waals surface area contributed by atoms with Crippen molar-refractivity contribution in [2.75, 3.05) is 7.11 Å². The summed E-state index contributed by atoms with van der Waals surface area (Å²) in [4.78, 5) is 26.6. The number of hydrogen-bond acceptors (Lipinski definition) is 4. The first kappa shape index (κ1) is 12.4. The number of esters is 1. The molecule has 0 saturated carbocycles. The van der Waals surface area contributed by atoms with Crippen molar-refractivity contribution in [2.24, 2.45) is 0 Å². The first-order chi connectivity index (χ1) is 7.56. The number of rotatable bonds is 5. The third kappa shape index (κ3) is 2.92. The summed E-state index contributed by atoms with van der Waals surface area (Å²) in [7, 11) is 1.31. The molecule has 88 valence electrons. The molecule has 0 N–H and O–H groups in total. The maximum Gasteiger partial charge on any atom is 0.305 e. The first-order valence-corrected chi connectivity index (χ1v) is 5.18. The van der Waals surface area contributed by atoms with Crippen LogP contribution in [0.4, 0.5) is 0 Å². The number of carbonyl (C=O) groups is 2. The monoisotopic (exact) mass is 224 g/mol. The average Bonchev–Trinajstić information content (AvgIpc) is 2.74. The second-order valence-corrected chi connectivity index (χ2v) is 3.78. The van der Waals surface area contributed by atoms with Gasteiger partial charge < -0.3 is 9.30 Å². The number of ether oxygens (including phenoxy) is 1. The minimum Gasteiger partial charge on any atom is -0.469 e. The Bertz CT molecular complexity index is 382. The van der Waals surface area contributed by atoms with Crippen molar-refractivity contribution in [3.8, 4) is 0 Å². The van der Waals surface area contributed by atoms with E-state index in [4.69, 9.17) is 0 Å². The SMILES string of the molecule is COC(=O)CCC(=O)c1cncn1C(C)C. The predicted molar refractivity (Wildman–Crippen MR) is 58.2 cm³/mol. The standard InChI is InChI=1S/C11H16N2O3/c1-8(2)13-7-12-6-9(13)10(14)4-5-11(15)16-3/h6-8H,4-5H2,1-3H3. The summed E-state index contributed by atoms with van der Waals surface area (Å²) in [5, 5.41) is 0. The van der Waals surface area contributed by atoms with E-state index in [-0.39, 0.29) is 30.6 Å². The maximum atomic E-state index is 11.8. The van der Waals surface area contributed by atoms with Gasteiger partial charge in [0, 0.05) is 12.5 Å². The predicted octanol–water partition coefficient (Wildman–Crippen LogP) is 1.60. The second-order valence-electron chi connectivity index (χ2n) is 3.78. The molecule has 0 bridgehead atoms. The van der Waals surface area contributed by atoms with Crippen molar-refractivity contribution >= 4 is 11.8 Å². The number of Topliss-reactive ketones (excluding diaryl/α,β-unsaturated/α-hetero) is 1. The van der Waals surface area contributed by atoms with Gasteiger partial charge in [-0.15, -0.1) is 0 Å². The maximum absolute atomic E-state index is 11.8. The van der Waals surface area contributed by atoms with Gasteiger partial charge in [0.2, 0.25) is 0 Å². The summed E-state index contributed by atoms with van der Waals surface area (Å²) >= 11 is 0. The molecule has 0 radical (unpaired) electrons. The van der Waals surface area contributed by atoms with Gasteiger partial charge in [0.1, 0.15) is 5.69 Å². The Morgan fingerprint density at radius 3 is 2.69 bits per heavy atom. The second kappa shape index (κ2) is 5.44. The Morgan fingerprint density at radius 1 is 1.44 bits per heavy atom. The zero-order valence-electron chi connectivity index (χ0n) is 9.77. The largest absolute Gasteiger partial charge is 0.469 e. The van der Waals surface area contributed by atoms with Crippen molar-refractivity contribution in [1.29, 1.82) is 0 Å². The lowest BCUT2D eigenvalue weighted by atomic mass is 10.1. The zero-order chi connectivity index (χ0) is 12.1. The lowest BCUT2D eigenvalue weighted by Gasteiger charge is -2.10. The molecule has 1 aromatic rings. The smallest absolute Gasteiger partial charge is 0.305 e. The molecular formula is C11H16N2O3. The molecule has 0 aromatic carbocycles. The van der Waals surface area contributed by atoms with Crippen molar-refractivity contribution in [3.63, 3.8) is 0 Å². The van der Waals surface area contributed by atoms with Gasteiger partial charge in [0.05, 0.1) is 26.1 Å². The molecule has 1 rings (SSSR count). The number of imidazole rings is 1. The topological polar surface area (TPSA) is 61.2 Å². The summed E-state index contributed by atoms with van der Waals surface area (Å²) < 4.78 is 6.27. The number of methoxy groups -OCH3 is 1. The van der Waals surface area contributed by atoms with Crippen molar-refractivity contribution in [1.82, 2.24) is 9.55 Å². The van der Waals surface area contributed by atoms with E-state index in [1.807, 2.05) is 13.8 Å². The summed E-state index contributed by atoms with van der Waals surface area (Å²) in [5.74, 6) is -0.458. The van der Waals surface area contributed by atoms with Crippen molar-refractivity contribution in [2.45, 2.75) is 32.7 Å². The van der Waals surface area contributed by atoms with E-state index >= 15 is 0 Å². The summed E-state index contributed by atoms with van der Waals surface area (Å²) in [6.45, 7) is 3.94. The van der Waals surface area contributed by atoms with Crippen LogP contribution in [-0.2, 0) is 9.53 Å².